The monoisotopic (exact) mass is 378 g/mol. The van der Waals surface area contributed by atoms with Gasteiger partial charge in [-0.2, -0.15) is 0 Å². The summed E-state index contributed by atoms with van der Waals surface area (Å²) < 4.78 is 0. The van der Waals surface area contributed by atoms with E-state index in [2.05, 4.69) is 76.0 Å². The van der Waals surface area contributed by atoms with Crippen molar-refractivity contribution in [3.63, 3.8) is 0 Å². The van der Waals surface area contributed by atoms with Crippen molar-refractivity contribution in [1.82, 2.24) is 4.90 Å². The van der Waals surface area contributed by atoms with Crippen LogP contribution in [0.5, 0.6) is 0 Å². The van der Waals surface area contributed by atoms with Crippen molar-refractivity contribution in [2.24, 2.45) is 0 Å². The van der Waals surface area contributed by atoms with Gasteiger partial charge in [-0.1, -0.05) is 45.9 Å². The predicted octanol–water partition coefficient (Wildman–Crippen LogP) is 6.13. The standard InChI is InChI=1S/C25H34N2O/c1-7-24(3,4)21-11-13-22(14-12-21)26-23(28)18-9-10-19-16-27(17-20(19)15-18)25(5,6)8-2/h9-15H,7-8,16-17H2,1-6H3,(H,26,28). The molecule has 0 aromatic heterocycles. The van der Waals surface area contributed by atoms with Crippen molar-refractivity contribution >= 4 is 11.6 Å². The average Bonchev–Trinajstić information content (AvgIpc) is 3.12. The number of fused-ring (bicyclic) bond motifs is 1. The van der Waals surface area contributed by atoms with Crippen molar-refractivity contribution < 1.29 is 4.79 Å². The number of nitrogens with one attached hydrogen (secondary N) is 1. The lowest BCUT2D eigenvalue weighted by Gasteiger charge is -2.34. The summed E-state index contributed by atoms with van der Waals surface area (Å²) in [6, 6.07) is 14.4. The second kappa shape index (κ2) is 7.71. The van der Waals surface area contributed by atoms with Crippen LogP contribution in [0.2, 0.25) is 0 Å². The minimum atomic E-state index is -0.0431. The third kappa shape index (κ3) is 4.15. The highest BCUT2D eigenvalue weighted by Gasteiger charge is 2.30. The topological polar surface area (TPSA) is 32.3 Å². The van der Waals surface area contributed by atoms with Crippen LogP contribution in [0.15, 0.2) is 42.5 Å². The van der Waals surface area contributed by atoms with Crippen LogP contribution < -0.4 is 5.32 Å². The van der Waals surface area contributed by atoms with Crippen molar-refractivity contribution in [3.8, 4) is 0 Å². The maximum Gasteiger partial charge on any atom is 0.255 e. The van der Waals surface area contributed by atoms with Gasteiger partial charge in [0.25, 0.3) is 5.91 Å². The Labute approximate surface area is 170 Å². The third-order valence-electron chi connectivity index (χ3n) is 6.72. The zero-order chi connectivity index (χ0) is 20.5. The first-order chi connectivity index (χ1) is 13.2. The Kier molecular flexibility index (Phi) is 5.67. The molecule has 0 spiro atoms. The van der Waals surface area contributed by atoms with Crippen LogP contribution in [-0.4, -0.2) is 16.3 Å². The van der Waals surface area contributed by atoms with Gasteiger partial charge in [-0.05, 0) is 73.1 Å². The molecule has 0 bridgehead atoms. The van der Waals surface area contributed by atoms with Crippen LogP contribution in [0, 0.1) is 0 Å². The van der Waals surface area contributed by atoms with Crippen molar-refractivity contribution in [2.45, 2.75) is 78.4 Å². The second-order valence-corrected chi connectivity index (χ2v) is 9.27. The lowest BCUT2D eigenvalue weighted by atomic mass is 9.82. The highest BCUT2D eigenvalue weighted by atomic mass is 16.1. The molecule has 28 heavy (non-hydrogen) atoms. The number of carbonyl (C=O) groups excluding carboxylic acids is 1. The summed E-state index contributed by atoms with van der Waals surface area (Å²) >= 11 is 0. The van der Waals surface area contributed by atoms with Gasteiger partial charge in [-0.25, -0.2) is 0 Å². The van der Waals surface area contributed by atoms with Gasteiger partial charge in [0, 0.05) is 29.9 Å². The maximum absolute atomic E-state index is 12.8. The summed E-state index contributed by atoms with van der Waals surface area (Å²) in [7, 11) is 0. The fourth-order valence-electron chi connectivity index (χ4n) is 3.60. The van der Waals surface area contributed by atoms with Crippen LogP contribution in [-0.2, 0) is 18.5 Å². The molecule has 1 amide bonds. The SMILES string of the molecule is CCC(C)(C)c1ccc(NC(=O)c2ccc3c(c2)CN(C(C)(C)CC)C3)cc1. The summed E-state index contributed by atoms with van der Waals surface area (Å²) in [6.07, 6.45) is 2.19. The molecule has 0 atom stereocenters. The number of amides is 1. The Morgan fingerprint density at radius 3 is 2.18 bits per heavy atom. The number of anilines is 1. The minimum absolute atomic E-state index is 0.0431. The molecule has 1 heterocycles. The fourth-order valence-corrected chi connectivity index (χ4v) is 3.60. The average molecular weight is 379 g/mol. The molecule has 3 nitrogen and oxygen atoms in total. The van der Waals surface area contributed by atoms with E-state index in [1.54, 1.807) is 0 Å². The largest absolute Gasteiger partial charge is 0.322 e. The molecule has 3 heteroatoms. The molecular weight excluding hydrogens is 344 g/mol. The van der Waals surface area contributed by atoms with Gasteiger partial charge in [-0.15, -0.1) is 0 Å². The minimum Gasteiger partial charge on any atom is -0.322 e. The molecule has 0 fully saturated rings. The normalized spacial score (nSPS) is 14.8. The van der Waals surface area contributed by atoms with Gasteiger partial charge in [0.15, 0.2) is 0 Å². The Morgan fingerprint density at radius 1 is 0.929 bits per heavy atom. The predicted molar refractivity (Wildman–Crippen MR) is 118 cm³/mol. The number of hydrogen-bond donors (Lipinski definition) is 1. The van der Waals surface area contributed by atoms with E-state index in [1.807, 2.05) is 18.2 Å². The van der Waals surface area contributed by atoms with E-state index in [9.17, 15) is 4.79 Å². The van der Waals surface area contributed by atoms with Crippen molar-refractivity contribution in [3.05, 3.63) is 64.7 Å². The molecule has 1 aliphatic rings. The first-order valence-corrected chi connectivity index (χ1v) is 10.4. The number of nitrogens with zero attached hydrogens (tertiary/aromatic N) is 1. The van der Waals surface area contributed by atoms with Crippen molar-refractivity contribution in [2.75, 3.05) is 5.32 Å². The molecule has 0 unspecified atom stereocenters. The number of rotatable bonds is 6. The van der Waals surface area contributed by atoms with Crippen LogP contribution in [0.4, 0.5) is 5.69 Å². The molecule has 3 rings (SSSR count). The third-order valence-corrected chi connectivity index (χ3v) is 6.72. The zero-order valence-electron chi connectivity index (χ0n) is 18.2. The summed E-state index contributed by atoms with van der Waals surface area (Å²) in [6.45, 7) is 15.4. The molecule has 0 saturated carbocycles. The highest BCUT2D eigenvalue weighted by Crippen LogP contribution is 2.32. The summed E-state index contributed by atoms with van der Waals surface area (Å²) in [5, 5.41) is 3.05. The van der Waals surface area contributed by atoms with E-state index >= 15 is 0 Å². The molecule has 1 N–H and O–H groups in total. The summed E-state index contributed by atoms with van der Waals surface area (Å²) in [5.41, 5.74) is 5.81. The van der Waals surface area contributed by atoms with E-state index < -0.39 is 0 Å². The zero-order valence-corrected chi connectivity index (χ0v) is 18.2. The van der Waals surface area contributed by atoms with E-state index in [0.29, 0.717) is 0 Å². The molecule has 150 valence electrons. The Hall–Kier alpha value is -2.13. The number of benzene rings is 2. The second-order valence-electron chi connectivity index (χ2n) is 9.27. The van der Waals surface area contributed by atoms with E-state index in [1.165, 1.54) is 16.7 Å². The van der Waals surface area contributed by atoms with Crippen LogP contribution in [0.25, 0.3) is 0 Å². The van der Waals surface area contributed by atoms with E-state index in [0.717, 1.165) is 37.2 Å². The molecule has 2 aromatic rings. The highest BCUT2D eigenvalue weighted by molar-refractivity contribution is 6.04. The van der Waals surface area contributed by atoms with Gasteiger partial charge in [0.05, 0.1) is 0 Å². The van der Waals surface area contributed by atoms with Gasteiger partial charge < -0.3 is 5.32 Å². The van der Waals surface area contributed by atoms with Gasteiger partial charge in [0.2, 0.25) is 0 Å². The lowest BCUT2D eigenvalue weighted by molar-refractivity contribution is 0.102. The summed E-state index contributed by atoms with van der Waals surface area (Å²) in [5.74, 6) is -0.0431. The molecule has 1 aliphatic heterocycles. The van der Waals surface area contributed by atoms with Crippen LogP contribution in [0.1, 0.15) is 81.4 Å². The Bertz CT molecular complexity index is 849. The molecule has 0 aliphatic carbocycles. The molecule has 2 aromatic carbocycles. The van der Waals surface area contributed by atoms with Crippen LogP contribution >= 0.6 is 0 Å². The van der Waals surface area contributed by atoms with Crippen LogP contribution in [0.3, 0.4) is 0 Å². The Balaban J connectivity index is 1.71. The maximum atomic E-state index is 12.8. The first kappa shape index (κ1) is 20.6. The lowest BCUT2D eigenvalue weighted by Crippen LogP contribution is -2.39. The fraction of sp³-hybridized carbons (Fsp3) is 0.480. The first-order valence-electron chi connectivity index (χ1n) is 10.4. The quantitative estimate of drug-likeness (QED) is 0.655. The smallest absolute Gasteiger partial charge is 0.255 e. The summed E-state index contributed by atoms with van der Waals surface area (Å²) in [4.78, 5) is 15.3. The number of hydrogen-bond acceptors (Lipinski definition) is 2. The molecule has 0 radical (unpaired) electrons. The molecular formula is C25H34N2O. The van der Waals surface area contributed by atoms with Gasteiger partial charge in [0.1, 0.15) is 0 Å². The Morgan fingerprint density at radius 2 is 1.57 bits per heavy atom. The van der Waals surface area contributed by atoms with E-state index in [4.69, 9.17) is 0 Å². The van der Waals surface area contributed by atoms with Gasteiger partial charge in [-0.3, -0.25) is 9.69 Å². The van der Waals surface area contributed by atoms with E-state index in [-0.39, 0.29) is 16.9 Å². The number of carbonyl (C=O) groups is 1. The van der Waals surface area contributed by atoms with Crippen molar-refractivity contribution in [1.29, 1.82) is 0 Å². The molecule has 0 saturated heterocycles. The van der Waals surface area contributed by atoms with Gasteiger partial charge >= 0.3 is 0 Å².